The van der Waals surface area contributed by atoms with E-state index in [0.29, 0.717) is 12.5 Å². The van der Waals surface area contributed by atoms with E-state index in [-0.39, 0.29) is 5.92 Å². The largest absolute Gasteiger partial charge is 0.381 e. The smallest absolute Gasteiger partial charge is 0.228 e. The van der Waals surface area contributed by atoms with E-state index >= 15 is 0 Å². The molecule has 2 aliphatic heterocycles. The molecule has 3 heterocycles. The summed E-state index contributed by atoms with van der Waals surface area (Å²) >= 11 is 1.75. The highest BCUT2D eigenvalue weighted by Gasteiger charge is 2.29. The Bertz CT molecular complexity index is 499. The molecule has 0 saturated carbocycles. The van der Waals surface area contributed by atoms with Crippen molar-refractivity contribution < 1.29 is 9.53 Å². The van der Waals surface area contributed by atoms with Crippen LogP contribution in [0, 0.1) is 5.92 Å². The van der Waals surface area contributed by atoms with Gasteiger partial charge < -0.3 is 9.64 Å². The van der Waals surface area contributed by atoms with Crippen LogP contribution < -0.4 is 0 Å². The van der Waals surface area contributed by atoms with Crippen molar-refractivity contribution in [2.75, 3.05) is 39.4 Å². The fraction of sp³-hybridized carbons (Fsp3) is 0.750. The molecule has 1 aromatic heterocycles. The van der Waals surface area contributed by atoms with Crippen LogP contribution in [-0.2, 0) is 22.5 Å². The second-order valence-corrected chi connectivity index (χ2v) is 7.04. The Kier molecular flexibility index (Phi) is 5.44. The molecule has 0 aliphatic carbocycles. The number of nitrogens with zero attached hydrogens (tertiary/aromatic N) is 3. The molecule has 2 saturated heterocycles. The lowest BCUT2D eigenvalue weighted by atomic mass is 10.1. The molecule has 1 atom stereocenters. The van der Waals surface area contributed by atoms with E-state index in [4.69, 9.17) is 4.74 Å². The van der Waals surface area contributed by atoms with Crippen LogP contribution >= 0.6 is 11.3 Å². The van der Waals surface area contributed by atoms with E-state index in [1.165, 1.54) is 10.7 Å². The van der Waals surface area contributed by atoms with E-state index in [2.05, 4.69) is 22.2 Å². The van der Waals surface area contributed by atoms with Gasteiger partial charge in [0.15, 0.2) is 0 Å². The van der Waals surface area contributed by atoms with Crippen LogP contribution in [0.2, 0.25) is 0 Å². The van der Waals surface area contributed by atoms with Crippen LogP contribution in [0.5, 0.6) is 0 Å². The van der Waals surface area contributed by atoms with Crippen molar-refractivity contribution >= 4 is 17.2 Å². The average molecular weight is 323 g/mol. The fourth-order valence-corrected chi connectivity index (χ4v) is 3.89. The van der Waals surface area contributed by atoms with Gasteiger partial charge in [-0.2, -0.15) is 0 Å². The number of aryl methyl sites for hydroxylation is 1. The summed E-state index contributed by atoms with van der Waals surface area (Å²) in [6, 6.07) is 0. The molecule has 22 heavy (non-hydrogen) atoms. The van der Waals surface area contributed by atoms with E-state index < -0.39 is 0 Å². The van der Waals surface area contributed by atoms with Crippen molar-refractivity contribution in [3.05, 3.63) is 16.1 Å². The van der Waals surface area contributed by atoms with Crippen LogP contribution in [0.25, 0.3) is 0 Å². The highest BCUT2D eigenvalue weighted by molar-refractivity contribution is 7.09. The number of hydrogen-bond acceptors (Lipinski definition) is 5. The Labute approximate surface area is 136 Å². The van der Waals surface area contributed by atoms with Gasteiger partial charge in [-0.1, -0.05) is 6.92 Å². The maximum absolute atomic E-state index is 12.5. The molecular formula is C16H25N3O2S. The first-order valence-corrected chi connectivity index (χ1v) is 9.16. The predicted octanol–water partition coefficient (Wildman–Crippen LogP) is 1.78. The first-order valence-electron chi connectivity index (χ1n) is 8.28. The Morgan fingerprint density at radius 1 is 1.41 bits per heavy atom. The van der Waals surface area contributed by atoms with Crippen molar-refractivity contribution in [1.82, 2.24) is 14.8 Å². The van der Waals surface area contributed by atoms with Crippen molar-refractivity contribution in [1.29, 1.82) is 0 Å². The number of amides is 1. The first kappa shape index (κ1) is 15.9. The molecule has 0 bridgehead atoms. The summed E-state index contributed by atoms with van der Waals surface area (Å²) in [5.74, 6) is 0.387. The fourth-order valence-electron chi connectivity index (χ4n) is 3.15. The standard InChI is InChI=1S/C16H25N3O2S/c1-2-15-17-14(12-22-15)10-18-5-3-6-19(8-7-18)16(20)13-4-9-21-11-13/h12-13H,2-11H2,1H3/t13-/m1/s1. The van der Waals surface area contributed by atoms with Gasteiger partial charge in [-0.05, 0) is 19.3 Å². The predicted molar refractivity (Wildman–Crippen MR) is 86.9 cm³/mol. The van der Waals surface area contributed by atoms with Gasteiger partial charge in [-0.3, -0.25) is 9.69 Å². The van der Waals surface area contributed by atoms with E-state index in [1.54, 1.807) is 11.3 Å². The van der Waals surface area contributed by atoms with Gasteiger partial charge in [0.1, 0.15) is 0 Å². The summed E-state index contributed by atoms with van der Waals surface area (Å²) in [5, 5.41) is 3.38. The number of hydrogen-bond donors (Lipinski definition) is 0. The van der Waals surface area contributed by atoms with E-state index in [0.717, 1.165) is 58.6 Å². The SMILES string of the molecule is CCc1nc(CN2CCCN(C(=O)[C@@H]3CCOC3)CC2)cs1. The highest BCUT2D eigenvalue weighted by atomic mass is 32.1. The number of thiazole rings is 1. The summed E-state index contributed by atoms with van der Waals surface area (Å²) < 4.78 is 5.35. The third kappa shape index (κ3) is 3.86. The van der Waals surface area contributed by atoms with Gasteiger partial charge in [0, 0.05) is 44.7 Å². The summed E-state index contributed by atoms with van der Waals surface area (Å²) in [4.78, 5) is 21.6. The number of ether oxygens (including phenoxy) is 1. The minimum absolute atomic E-state index is 0.0946. The monoisotopic (exact) mass is 323 g/mol. The minimum atomic E-state index is 0.0946. The summed E-state index contributed by atoms with van der Waals surface area (Å²) in [6.45, 7) is 8.10. The third-order valence-corrected chi connectivity index (χ3v) is 5.51. The zero-order chi connectivity index (χ0) is 15.4. The zero-order valence-electron chi connectivity index (χ0n) is 13.3. The van der Waals surface area contributed by atoms with Crippen LogP contribution in [0.4, 0.5) is 0 Å². The number of carbonyl (C=O) groups is 1. The van der Waals surface area contributed by atoms with Gasteiger partial charge >= 0.3 is 0 Å². The molecule has 0 aromatic carbocycles. The number of aromatic nitrogens is 1. The van der Waals surface area contributed by atoms with Crippen molar-refractivity contribution in [2.45, 2.75) is 32.7 Å². The number of carbonyl (C=O) groups excluding carboxylic acids is 1. The molecule has 0 N–H and O–H groups in total. The minimum Gasteiger partial charge on any atom is -0.381 e. The maximum atomic E-state index is 12.5. The summed E-state index contributed by atoms with van der Waals surface area (Å²) in [6.07, 6.45) is 2.94. The molecule has 3 rings (SSSR count). The van der Waals surface area contributed by atoms with Gasteiger partial charge in [0.2, 0.25) is 5.91 Å². The second-order valence-electron chi connectivity index (χ2n) is 6.10. The van der Waals surface area contributed by atoms with Crippen molar-refractivity contribution in [2.24, 2.45) is 5.92 Å². The summed E-state index contributed by atoms with van der Waals surface area (Å²) in [7, 11) is 0. The molecule has 6 heteroatoms. The van der Waals surface area contributed by atoms with Gasteiger partial charge in [0.25, 0.3) is 0 Å². The molecule has 1 aromatic rings. The molecule has 5 nitrogen and oxygen atoms in total. The maximum Gasteiger partial charge on any atom is 0.228 e. The Balaban J connectivity index is 1.52. The molecule has 0 spiro atoms. The molecule has 122 valence electrons. The molecule has 2 fully saturated rings. The lowest BCUT2D eigenvalue weighted by Crippen LogP contribution is -2.39. The lowest BCUT2D eigenvalue weighted by Gasteiger charge is -2.23. The zero-order valence-corrected chi connectivity index (χ0v) is 14.1. The van der Waals surface area contributed by atoms with E-state index in [9.17, 15) is 4.79 Å². The van der Waals surface area contributed by atoms with Gasteiger partial charge in [-0.25, -0.2) is 4.98 Å². The first-order chi connectivity index (χ1) is 10.8. The van der Waals surface area contributed by atoms with E-state index in [1.807, 2.05) is 4.90 Å². The quantitative estimate of drug-likeness (QED) is 0.847. The Morgan fingerprint density at radius 3 is 3.05 bits per heavy atom. The van der Waals surface area contributed by atoms with Crippen LogP contribution in [-0.4, -0.2) is 60.1 Å². The van der Waals surface area contributed by atoms with Gasteiger partial charge in [-0.15, -0.1) is 11.3 Å². The Morgan fingerprint density at radius 2 is 2.32 bits per heavy atom. The average Bonchev–Trinajstić information content (AvgIpc) is 3.16. The molecule has 2 aliphatic rings. The van der Waals surface area contributed by atoms with Crippen molar-refractivity contribution in [3.8, 4) is 0 Å². The topological polar surface area (TPSA) is 45.7 Å². The molecule has 1 amide bonds. The molecular weight excluding hydrogens is 298 g/mol. The Hall–Kier alpha value is -0.980. The van der Waals surface area contributed by atoms with Gasteiger partial charge in [0.05, 0.1) is 23.2 Å². The lowest BCUT2D eigenvalue weighted by molar-refractivity contribution is -0.135. The van der Waals surface area contributed by atoms with Crippen molar-refractivity contribution in [3.63, 3.8) is 0 Å². The van der Waals surface area contributed by atoms with Crippen LogP contribution in [0.15, 0.2) is 5.38 Å². The normalized spacial score (nSPS) is 23.7. The summed E-state index contributed by atoms with van der Waals surface area (Å²) in [5.41, 5.74) is 1.17. The number of rotatable bonds is 4. The van der Waals surface area contributed by atoms with Crippen LogP contribution in [0.3, 0.4) is 0 Å². The molecule has 0 radical (unpaired) electrons. The second kappa shape index (κ2) is 7.53. The highest BCUT2D eigenvalue weighted by Crippen LogP contribution is 2.18. The third-order valence-electron chi connectivity index (χ3n) is 4.47. The molecule has 0 unspecified atom stereocenters. The van der Waals surface area contributed by atoms with Crippen LogP contribution in [0.1, 0.15) is 30.5 Å².